The lowest BCUT2D eigenvalue weighted by Crippen LogP contribution is -2.08. The summed E-state index contributed by atoms with van der Waals surface area (Å²) in [5.41, 5.74) is 2.15. The second-order valence-corrected chi connectivity index (χ2v) is 5.18. The molecule has 0 saturated heterocycles. The summed E-state index contributed by atoms with van der Waals surface area (Å²) in [6.45, 7) is 3.92. The molecule has 16 heavy (non-hydrogen) atoms. The number of benzene rings is 1. The van der Waals surface area contributed by atoms with E-state index in [4.69, 9.17) is 0 Å². The maximum atomic E-state index is 11.9. The summed E-state index contributed by atoms with van der Waals surface area (Å²) in [4.78, 5) is 11.7. The first-order chi connectivity index (χ1) is 7.54. The van der Waals surface area contributed by atoms with Crippen LogP contribution >= 0.6 is 0 Å². The van der Waals surface area contributed by atoms with Crippen molar-refractivity contribution in [2.75, 3.05) is 12.9 Å². The van der Waals surface area contributed by atoms with Gasteiger partial charge in [-0.2, -0.15) is 0 Å². The van der Waals surface area contributed by atoms with Gasteiger partial charge in [-0.3, -0.25) is 9.00 Å². The third-order valence-corrected chi connectivity index (χ3v) is 3.82. The molecular formula is C12H16O3S. The van der Waals surface area contributed by atoms with E-state index in [1.165, 1.54) is 7.11 Å². The quantitative estimate of drug-likeness (QED) is 0.756. The summed E-state index contributed by atoms with van der Waals surface area (Å²) < 4.78 is 16.4. The van der Waals surface area contributed by atoms with Gasteiger partial charge in [0.25, 0.3) is 0 Å². The average molecular weight is 240 g/mol. The van der Waals surface area contributed by atoms with Crippen LogP contribution in [0, 0.1) is 13.8 Å². The summed E-state index contributed by atoms with van der Waals surface area (Å²) >= 11 is 0. The van der Waals surface area contributed by atoms with Crippen LogP contribution in [0.2, 0.25) is 0 Å². The van der Waals surface area contributed by atoms with Gasteiger partial charge in [0, 0.05) is 10.6 Å². The molecule has 1 unspecified atom stereocenters. The molecule has 3 nitrogen and oxygen atoms in total. The Balaban J connectivity index is 2.70. The van der Waals surface area contributed by atoms with E-state index >= 15 is 0 Å². The largest absolute Gasteiger partial charge is 0.469 e. The number of carbonyl (C=O) groups excluding carboxylic acids is 1. The van der Waals surface area contributed by atoms with Crippen LogP contribution in [-0.2, 0) is 20.3 Å². The lowest BCUT2D eigenvalue weighted by atomic mass is 10.2. The molecule has 0 bridgehead atoms. The maximum Gasteiger partial charge on any atom is 0.306 e. The monoisotopic (exact) mass is 240 g/mol. The summed E-state index contributed by atoms with van der Waals surface area (Å²) in [7, 11) is 0.209. The highest BCUT2D eigenvalue weighted by Gasteiger charge is 2.10. The molecule has 0 spiro atoms. The van der Waals surface area contributed by atoms with Crippen molar-refractivity contribution in [1.82, 2.24) is 0 Å². The fraction of sp³-hybridized carbons (Fsp3) is 0.417. The summed E-state index contributed by atoms with van der Waals surface area (Å²) in [6.07, 6.45) is 0.191. The van der Waals surface area contributed by atoms with E-state index in [2.05, 4.69) is 4.74 Å². The molecule has 0 aliphatic rings. The van der Waals surface area contributed by atoms with Crippen LogP contribution in [0.5, 0.6) is 0 Å². The topological polar surface area (TPSA) is 43.4 Å². The number of ether oxygens (including phenoxy) is 1. The van der Waals surface area contributed by atoms with Crippen molar-refractivity contribution in [2.24, 2.45) is 0 Å². The zero-order valence-electron chi connectivity index (χ0n) is 9.78. The number of carbonyl (C=O) groups is 1. The first-order valence-corrected chi connectivity index (χ1v) is 6.39. The van der Waals surface area contributed by atoms with Gasteiger partial charge in [0.1, 0.15) is 0 Å². The highest BCUT2D eigenvalue weighted by Crippen LogP contribution is 2.15. The number of hydrogen-bond donors (Lipinski definition) is 0. The highest BCUT2D eigenvalue weighted by molar-refractivity contribution is 7.85. The third kappa shape index (κ3) is 3.45. The van der Waals surface area contributed by atoms with Crippen molar-refractivity contribution in [3.63, 3.8) is 0 Å². The molecule has 0 aliphatic heterocycles. The molecule has 0 aromatic heterocycles. The predicted molar refractivity (Wildman–Crippen MR) is 63.8 cm³/mol. The van der Waals surface area contributed by atoms with Gasteiger partial charge in [0.15, 0.2) is 0 Å². The molecule has 0 heterocycles. The third-order valence-electron chi connectivity index (χ3n) is 2.29. The van der Waals surface area contributed by atoms with Gasteiger partial charge in [0.2, 0.25) is 0 Å². The Morgan fingerprint density at radius 1 is 1.38 bits per heavy atom. The van der Waals surface area contributed by atoms with Gasteiger partial charge < -0.3 is 4.74 Å². The SMILES string of the molecule is COC(=O)CCS(=O)c1ccc(C)cc1C. The van der Waals surface area contributed by atoms with Gasteiger partial charge in [-0.25, -0.2) is 0 Å². The second kappa shape index (κ2) is 5.80. The van der Waals surface area contributed by atoms with E-state index in [1.54, 1.807) is 0 Å². The van der Waals surface area contributed by atoms with Crippen LogP contribution in [0.15, 0.2) is 23.1 Å². The first kappa shape index (κ1) is 12.9. The molecule has 0 amide bonds. The summed E-state index contributed by atoms with van der Waals surface area (Å²) in [5, 5.41) is 0. The molecule has 0 radical (unpaired) electrons. The number of hydrogen-bond acceptors (Lipinski definition) is 3. The molecule has 0 fully saturated rings. The molecule has 1 aromatic rings. The van der Waals surface area contributed by atoms with E-state index in [1.807, 2.05) is 32.0 Å². The van der Waals surface area contributed by atoms with Crippen LogP contribution in [0.4, 0.5) is 0 Å². The maximum absolute atomic E-state index is 11.9. The van der Waals surface area contributed by atoms with Gasteiger partial charge in [-0.15, -0.1) is 0 Å². The smallest absolute Gasteiger partial charge is 0.306 e. The lowest BCUT2D eigenvalue weighted by Gasteiger charge is -2.06. The molecule has 0 saturated carbocycles. The number of methoxy groups -OCH3 is 1. The van der Waals surface area contributed by atoms with Crippen molar-refractivity contribution >= 4 is 16.8 Å². The molecular weight excluding hydrogens is 224 g/mol. The minimum absolute atomic E-state index is 0.191. The van der Waals surface area contributed by atoms with Crippen molar-refractivity contribution in [2.45, 2.75) is 25.2 Å². The Bertz CT molecular complexity index is 413. The standard InChI is InChI=1S/C12H16O3S/c1-9-4-5-11(10(2)8-9)16(14)7-6-12(13)15-3/h4-5,8H,6-7H2,1-3H3. The van der Waals surface area contributed by atoms with Gasteiger partial charge >= 0.3 is 5.97 Å². The molecule has 1 aromatic carbocycles. The molecule has 1 atom stereocenters. The van der Waals surface area contributed by atoms with Gasteiger partial charge in [0.05, 0.1) is 24.3 Å². The molecule has 1 rings (SSSR count). The zero-order valence-corrected chi connectivity index (χ0v) is 10.6. The number of esters is 1. The Morgan fingerprint density at radius 2 is 2.06 bits per heavy atom. The second-order valence-electron chi connectivity index (χ2n) is 3.64. The van der Waals surface area contributed by atoms with E-state index in [0.29, 0.717) is 5.75 Å². The van der Waals surface area contributed by atoms with Gasteiger partial charge in [-0.1, -0.05) is 17.7 Å². The molecule has 4 heteroatoms. The van der Waals surface area contributed by atoms with E-state index in [-0.39, 0.29) is 12.4 Å². The molecule has 88 valence electrons. The van der Waals surface area contributed by atoms with Gasteiger partial charge in [-0.05, 0) is 25.5 Å². The minimum Gasteiger partial charge on any atom is -0.469 e. The van der Waals surface area contributed by atoms with Crippen molar-refractivity contribution in [3.8, 4) is 0 Å². The Kier molecular flexibility index (Phi) is 4.68. The summed E-state index contributed by atoms with van der Waals surface area (Å²) in [6, 6.07) is 5.78. The van der Waals surface area contributed by atoms with Crippen LogP contribution < -0.4 is 0 Å². The van der Waals surface area contributed by atoms with Crippen LogP contribution in [0.25, 0.3) is 0 Å². The summed E-state index contributed by atoms with van der Waals surface area (Å²) in [5.74, 6) is -0.00514. The van der Waals surface area contributed by atoms with Crippen LogP contribution in [0.1, 0.15) is 17.5 Å². The molecule has 0 N–H and O–H groups in total. The first-order valence-electron chi connectivity index (χ1n) is 5.07. The Labute approximate surface area is 98.3 Å². The van der Waals surface area contributed by atoms with Crippen molar-refractivity contribution in [3.05, 3.63) is 29.3 Å². The van der Waals surface area contributed by atoms with E-state index in [9.17, 15) is 9.00 Å². The van der Waals surface area contributed by atoms with E-state index in [0.717, 1.165) is 16.0 Å². The van der Waals surface area contributed by atoms with Crippen molar-refractivity contribution < 1.29 is 13.7 Å². The number of rotatable bonds is 4. The lowest BCUT2D eigenvalue weighted by molar-refractivity contribution is -0.140. The fourth-order valence-corrected chi connectivity index (χ4v) is 2.65. The van der Waals surface area contributed by atoms with Crippen LogP contribution in [0.3, 0.4) is 0 Å². The number of aryl methyl sites for hydroxylation is 2. The van der Waals surface area contributed by atoms with E-state index < -0.39 is 10.8 Å². The zero-order chi connectivity index (χ0) is 12.1. The average Bonchev–Trinajstić information content (AvgIpc) is 2.25. The van der Waals surface area contributed by atoms with Crippen molar-refractivity contribution in [1.29, 1.82) is 0 Å². The minimum atomic E-state index is -1.13. The normalized spacial score (nSPS) is 12.2. The Morgan fingerprint density at radius 3 is 2.62 bits per heavy atom. The predicted octanol–water partition coefficient (Wildman–Crippen LogP) is 1.97. The Hall–Kier alpha value is -1.16. The fourth-order valence-electron chi connectivity index (χ4n) is 1.44. The van der Waals surface area contributed by atoms with Crippen LogP contribution in [-0.4, -0.2) is 23.0 Å². The molecule has 0 aliphatic carbocycles. The highest BCUT2D eigenvalue weighted by atomic mass is 32.2.